The highest BCUT2D eigenvalue weighted by Crippen LogP contribution is 2.25. The molecule has 0 saturated heterocycles. The highest BCUT2D eigenvalue weighted by Gasteiger charge is 2.18. The van der Waals surface area contributed by atoms with Crippen molar-refractivity contribution >= 4 is 11.8 Å². The van der Waals surface area contributed by atoms with Crippen LogP contribution in [0.2, 0.25) is 0 Å². The molecule has 2 rings (SSSR count). The Balaban J connectivity index is 1.78. The third-order valence-electron chi connectivity index (χ3n) is 3.80. The van der Waals surface area contributed by atoms with E-state index in [4.69, 9.17) is 4.42 Å². The molecule has 2 amide bonds. The Labute approximate surface area is 119 Å². The predicted molar refractivity (Wildman–Crippen MR) is 75.0 cm³/mol. The van der Waals surface area contributed by atoms with Crippen molar-refractivity contribution in [1.82, 2.24) is 10.9 Å². The van der Waals surface area contributed by atoms with Crippen LogP contribution in [0.3, 0.4) is 0 Å². The quantitative estimate of drug-likeness (QED) is 0.835. The molecule has 0 aliphatic heterocycles. The van der Waals surface area contributed by atoms with Crippen molar-refractivity contribution in [2.24, 2.45) is 5.92 Å². The van der Waals surface area contributed by atoms with E-state index in [1.165, 1.54) is 19.3 Å². The Morgan fingerprint density at radius 1 is 1.20 bits per heavy atom. The number of rotatable bonds is 3. The molecule has 0 radical (unpaired) electrons. The monoisotopic (exact) mass is 278 g/mol. The summed E-state index contributed by atoms with van der Waals surface area (Å²) in [6.45, 7) is 3.51. The van der Waals surface area contributed by atoms with Crippen LogP contribution in [0, 0.1) is 19.8 Å². The lowest BCUT2D eigenvalue weighted by molar-refractivity contribution is -0.123. The molecule has 0 aromatic carbocycles. The number of furan rings is 1. The van der Waals surface area contributed by atoms with E-state index in [1.807, 2.05) is 0 Å². The van der Waals surface area contributed by atoms with E-state index in [2.05, 4.69) is 10.9 Å². The summed E-state index contributed by atoms with van der Waals surface area (Å²) in [5.74, 6) is 1.24. The second-order valence-corrected chi connectivity index (χ2v) is 5.54. The van der Waals surface area contributed by atoms with Crippen LogP contribution in [-0.2, 0) is 4.79 Å². The highest BCUT2D eigenvalue weighted by atomic mass is 16.3. The van der Waals surface area contributed by atoms with Crippen LogP contribution >= 0.6 is 0 Å². The molecular formula is C15H22N2O3. The fourth-order valence-corrected chi connectivity index (χ4v) is 2.75. The molecule has 1 aromatic heterocycles. The third-order valence-corrected chi connectivity index (χ3v) is 3.80. The number of amides is 2. The largest absolute Gasteiger partial charge is 0.466 e. The summed E-state index contributed by atoms with van der Waals surface area (Å²) >= 11 is 0. The highest BCUT2D eigenvalue weighted by molar-refractivity contribution is 5.96. The molecule has 5 heteroatoms. The van der Waals surface area contributed by atoms with Gasteiger partial charge in [-0.3, -0.25) is 20.4 Å². The van der Waals surface area contributed by atoms with Crippen molar-refractivity contribution in [3.8, 4) is 0 Å². The molecule has 1 aromatic rings. The van der Waals surface area contributed by atoms with Crippen LogP contribution in [-0.4, -0.2) is 11.8 Å². The van der Waals surface area contributed by atoms with E-state index in [1.54, 1.807) is 19.9 Å². The average Bonchev–Trinajstić information content (AvgIpc) is 2.76. The maximum Gasteiger partial charge on any atom is 0.273 e. The summed E-state index contributed by atoms with van der Waals surface area (Å²) in [5, 5.41) is 0. The maximum atomic E-state index is 11.9. The minimum Gasteiger partial charge on any atom is -0.466 e. The second-order valence-electron chi connectivity index (χ2n) is 5.54. The zero-order valence-corrected chi connectivity index (χ0v) is 12.1. The molecule has 2 N–H and O–H groups in total. The van der Waals surface area contributed by atoms with Crippen LogP contribution in [0.4, 0.5) is 0 Å². The van der Waals surface area contributed by atoms with Gasteiger partial charge in [-0.05, 0) is 38.7 Å². The average molecular weight is 278 g/mol. The zero-order chi connectivity index (χ0) is 14.5. The standard InChI is InChI=1S/C15H22N2O3/c1-10-8-13(11(2)20-10)15(19)17-16-14(18)9-12-6-4-3-5-7-12/h8,12H,3-7,9H2,1-2H3,(H,16,18)(H,17,19). The van der Waals surface area contributed by atoms with Gasteiger partial charge in [-0.15, -0.1) is 0 Å². The number of nitrogens with one attached hydrogen (secondary N) is 2. The summed E-state index contributed by atoms with van der Waals surface area (Å²) in [6, 6.07) is 1.66. The predicted octanol–water partition coefficient (Wildman–Crippen LogP) is 2.63. The van der Waals surface area contributed by atoms with Gasteiger partial charge in [0.2, 0.25) is 5.91 Å². The number of hydrazine groups is 1. The topological polar surface area (TPSA) is 71.3 Å². The molecular weight excluding hydrogens is 256 g/mol. The Kier molecular flexibility index (Phi) is 4.82. The number of hydrogen-bond donors (Lipinski definition) is 2. The molecule has 0 atom stereocenters. The van der Waals surface area contributed by atoms with Gasteiger partial charge in [-0.2, -0.15) is 0 Å². The zero-order valence-electron chi connectivity index (χ0n) is 12.1. The second kappa shape index (κ2) is 6.59. The van der Waals surface area contributed by atoms with Gasteiger partial charge in [0, 0.05) is 6.42 Å². The van der Waals surface area contributed by atoms with Gasteiger partial charge in [0.1, 0.15) is 11.5 Å². The lowest BCUT2D eigenvalue weighted by Crippen LogP contribution is -2.42. The van der Waals surface area contributed by atoms with E-state index in [0.717, 1.165) is 12.8 Å². The first kappa shape index (κ1) is 14.6. The van der Waals surface area contributed by atoms with Gasteiger partial charge in [0.05, 0.1) is 5.56 Å². The van der Waals surface area contributed by atoms with Crippen molar-refractivity contribution in [3.05, 3.63) is 23.2 Å². The van der Waals surface area contributed by atoms with E-state index in [-0.39, 0.29) is 11.8 Å². The fraction of sp³-hybridized carbons (Fsp3) is 0.600. The summed E-state index contributed by atoms with van der Waals surface area (Å²) < 4.78 is 5.29. The van der Waals surface area contributed by atoms with Crippen molar-refractivity contribution in [2.45, 2.75) is 52.4 Å². The van der Waals surface area contributed by atoms with Crippen molar-refractivity contribution in [1.29, 1.82) is 0 Å². The van der Waals surface area contributed by atoms with E-state index in [9.17, 15) is 9.59 Å². The van der Waals surface area contributed by atoms with Crippen LogP contribution in [0.15, 0.2) is 10.5 Å². The molecule has 1 saturated carbocycles. The Bertz CT molecular complexity index is 487. The van der Waals surface area contributed by atoms with Crippen molar-refractivity contribution in [3.63, 3.8) is 0 Å². The molecule has 1 aliphatic carbocycles. The molecule has 5 nitrogen and oxygen atoms in total. The van der Waals surface area contributed by atoms with E-state index in [0.29, 0.717) is 29.4 Å². The van der Waals surface area contributed by atoms with Crippen LogP contribution < -0.4 is 10.9 Å². The van der Waals surface area contributed by atoms with E-state index < -0.39 is 0 Å². The Morgan fingerprint density at radius 3 is 2.50 bits per heavy atom. The molecule has 1 aliphatic rings. The van der Waals surface area contributed by atoms with Gasteiger partial charge < -0.3 is 4.42 Å². The molecule has 0 unspecified atom stereocenters. The molecule has 20 heavy (non-hydrogen) atoms. The van der Waals surface area contributed by atoms with Gasteiger partial charge >= 0.3 is 0 Å². The van der Waals surface area contributed by atoms with Gasteiger partial charge in [0.15, 0.2) is 0 Å². The first-order valence-corrected chi connectivity index (χ1v) is 7.22. The molecule has 1 fully saturated rings. The summed E-state index contributed by atoms with van der Waals surface area (Å²) in [4.78, 5) is 23.7. The number of carbonyl (C=O) groups excluding carboxylic acids is 2. The van der Waals surface area contributed by atoms with Crippen LogP contribution in [0.5, 0.6) is 0 Å². The smallest absolute Gasteiger partial charge is 0.273 e. The molecule has 110 valence electrons. The number of aryl methyl sites for hydroxylation is 2. The van der Waals surface area contributed by atoms with Gasteiger partial charge in [0.25, 0.3) is 5.91 Å². The minimum atomic E-state index is -0.337. The van der Waals surface area contributed by atoms with Gasteiger partial charge in [-0.25, -0.2) is 0 Å². The summed E-state index contributed by atoms with van der Waals surface area (Å²) in [5.41, 5.74) is 5.39. The van der Waals surface area contributed by atoms with Crippen LogP contribution in [0.25, 0.3) is 0 Å². The number of hydrogen-bond acceptors (Lipinski definition) is 3. The normalized spacial score (nSPS) is 15.9. The third kappa shape index (κ3) is 3.85. The molecule has 1 heterocycles. The molecule has 0 bridgehead atoms. The minimum absolute atomic E-state index is 0.122. The lowest BCUT2D eigenvalue weighted by atomic mass is 9.87. The Hall–Kier alpha value is -1.78. The fourth-order valence-electron chi connectivity index (χ4n) is 2.75. The van der Waals surface area contributed by atoms with Crippen molar-refractivity contribution < 1.29 is 14.0 Å². The molecule has 0 spiro atoms. The number of carbonyl (C=O) groups is 2. The van der Waals surface area contributed by atoms with Gasteiger partial charge in [-0.1, -0.05) is 19.3 Å². The Morgan fingerprint density at radius 2 is 1.90 bits per heavy atom. The van der Waals surface area contributed by atoms with Crippen LogP contribution in [0.1, 0.15) is 60.4 Å². The SMILES string of the molecule is Cc1cc(C(=O)NNC(=O)CC2CCCCC2)c(C)o1. The van der Waals surface area contributed by atoms with E-state index >= 15 is 0 Å². The first-order valence-electron chi connectivity index (χ1n) is 7.22. The lowest BCUT2D eigenvalue weighted by Gasteiger charge is -2.20. The summed E-state index contributed by atoms with van der Waals surface area (Å²) in [7, 11) is 0. The van der Waals surface area contributed by atoms with Crippen molar-refractivity contribution in [2.75, 3.05) is 0 Å². The first-order chi connectivity index (χ1) is 9.56. The summed E-state index contributed by atoms with van der Waals surface area (Å²) in [6.07, 6.45) is 6.40. The maximum absolute atomic E-state index is 11.9.